The van der Waals surface area contributed by atoms with Gasteiger partial charge in [-0.2, -0.15) is 0 Å². The Kier molecular flexibility index (Phi) is 5.80. The first-order valence-corrected chi connectivity index (χ1v) is 15.6. The molecule has 228 valence electrons. The molecule has 1 aromatic heterocycles. The van der Waals surface area contributed by atoms with E-state index in [0.29, 0.717) is 31.5 Å². The average molecular weight is 596 g/mol. The fourth-order valence-electron chi connectivity index (χ4n) is 8.50. The average Bonchev–Trinajstić information content (AvgIpc) is 3.74. The molecule has 0 bridgehead atoms. The zero-order valence-electron chi connectivity index (χ0n) is 25.2. The van der Waals surface area contributed by atoms with Gasteiger partial charge >= 0.3 is 0 Å². The molecule has 2 aromatic carbocycles. The lowest BCUT2D eigenvalue weighted by molar-refractivity contribution is -0.328. The van der Waals surface area contributed by atoms with E-state index in [0.717, 1.165) is 23.1 Å². The van der Waals surface area contributed by atoms with Crippen molar-refractivity contribution >= 4 is 34.2 Å². The Morgan fingerprint density at radius 2 is 1.93 bits per heavy atom. The molecule has 5 aliphatic rings. The lowest BCUT2D eigenvalue weighted by Crippen LogP contribution is -2.74. The monoisotopic (exact) mass is 595 g/mol. The Balaban J connectivity index is 1.17. The second-order valence-electron chi connectivity index (χ2n) is 13.1. The summed E-state index contributed by atoms with van der Waals surface area (Å²) in [6.45, 7) is 4.35. The number of hydrogen-bond acceptors (Lipinski definition) is 6. The summed E-state index contributed by atoms with van der Waals surface area (Å²) < 4.78 is 6.43. The maximum Gasteiger partial charge on any atom is 0.281 e. The molecule has 4 aliphatic heterocycles. The van der Waals surface area contributed by atoms with Crippen molar-refractivity contribution in [3.63, 3.8) is 0 Å². The van der Waals surface area contributed by atoms with Gasteiger partial charge in [0.05, 0.1) is 5.92 Å². The number of ether oxygens (including phenoxy) is 1. The van der Waals surface area contributed by atoms with Gasteiger partial charge in [-0.3, -0.25) is 28.9 Å². The number of hydrogen-bond donors (Lipinski definition) is 3. The molecular formula is C34H37N5O5. The number of nitrogens with zero attached hydrogens (tertiary/aromatic N) is 3. The van der Waals surface area contributed by atoms with Gasteiger partial charge in [0.25, 0.3) is 17.7 Å². The van der Waals surface area contributed by atoms with E-state index < -0.39 is 35.0 Å². The zero-order valence-corrected chi connectivity index (χ0v) is 25.2. The van der Waals surface area contributed by atoms with E-state index in [1.54, 1.807) is 30.9 Å². The summed E-state index contributed by atoms with van der Waals surface area (Å²) >= 11 is 0. The minimum atomic E-state index is -2.11. The van der Waals surface area contributed by atoms with E-state index in [9.17, 15) is 19.5 Å². The van der Waals surface area contributed by atoms with Crippen LogP contribution in [0.4, 0.5) is 0 Å². The van der Waals surface area contributed by atoms with Gasteiger partial charge < -0.3 is 20.3 Å². The quantitative estimate of drug-likeness (QED) is 0.427. The van der Waals surface area contributed by atoms with E-state index in [-0.39, 0.29) is 24.3 Å². The first-order valence-electron chi connectivity index (χ1n) is 15.6. The molecule has 3 amide bonds. The summed E-state index contributed by atoms with van der Waals surface area (Å²) in [6, 6.07) is 14.6. The summed E-state index contributed by atoms with van der Waals surface area (Å²) in [4.78, 5) is 51.3. The molecule has 0 spiro atoms. The highest BCUT2D eigenvalue weighted by atomic mass is 16.7. The van der Waals surface area contributed by atoms with Crippen molar-refractivity contribution in [2.75, 3.05) is 20.1 Å². The topological polar surface area (TPSA) is 118 Å². The Hall–Kier alpha value is -3.99. The summed E-state index contributed by atoms with van der Waals surface area (Å²) in [5.41, 5.74) is 1.76. The number of aliphatic hydroxyl groups is 1. The van der Waals surface area contributed by atoms with Gasteiger partial charge in [0.2, 0.25) is 11.6 Å². The van der Waals surface area contributed by atoms with Crippen molar-refractivity contribution in [2.45, 2.75) is 68.8 Å². The van der Waals surface area contributed by atoms with E-state index in [4.69, 9.17) is 4.74 Å². The molecule has 10 heteroatoms. The van der Waals surface area contributed by atoms with Crippen molar-refractivity contribution < 1.29 is 24.2 Å². The number of H-pyrrole nitrogens is 1. The Morgan fingerprint density at radius 3 is 2.70 bits per heavy atom. The number of carbonyl (C=O) groups excluding carboxylic acids is 3. The number of amides is 3. The van der Waals surface area contributed by atoms with Crippen LogP contribution in [0.1, 0.15) is 49.8 Å². The van der Waals surface area contributed by atoms with Crippen molar-refractivity contribution in [3.05, 3.63) is 77.5 Å². The fraction of sp³-hybridized carbons (Fsp3) is 0.441. The predicted octanol–water partition coefficient (Wildman–Crippen LogP) is 2.69. The van der Waals surface area contributed by atoms with Gasteiger partial charge in [-0.1, -0.05) is 55.5 Å². The van der Waals surface area contributed by atoms with Crippen LogP contribution in [0, 0.1) is 5.92 Å². The largest absolute Gasteiger partial charge is 0.361 e. The number of likely N-dealkylation sites (N-methyl/N-ethyl adjacent to an activating group) is 1. The number of piperazine rings is 1. The minimum Gasteiger partial charge on any atom is -0.361 e. The molecule has 3 fully saturated rings. The molecule has 10 nitrogen and oxygen atoms in total. The lowest BCUT2D eigenvalue weighted by atomic mass is 9.79. The number of fused-ring (bicyclic) bond motifs is 5. The normalized spacial score (nSPS) is 34.5. The molecule has 44 heavy (non-hydrogen) atoms. The highest BCUT2D eigenvalue weighted by Gasteiger charge is 2.74. The van der Waals surface area contributed by atoms with Crippen molar-refractivity contribution in [2.24, 2.45) is 5.92 Å². The number of nitrogens with one attached hydrogen (secondary N) is 2. The molecule has 3 saturated heterocycles. The van der Waals surface area contributed by atoms with Crippen LogP contribution in [0.5, 0.6) is 0 Å². The third kappa shape index (κ3) is 3.44. The molecule has 1 unspecified atom stereocenters. The maximum absolute atomic E-state index is 14.6. The van der Waals surface area contributed by atoms with Gasteiger partial charge in [-0.15, -0.1) is 0 Å². The molecule has 1 aliphatic carbocycles. The van der Waals surface area contributed by atoms with Crippen LogP contribution < -0.4 is 5.32 Å². The Bertz CT molecular complexity index is 1750. The molecule has 0 saturated carbocycles. The van der Waals surface area contributed by atoms with Gasteiger partial charge in [-0.25, -0.2) is 0 Å². The van der Waals surface area contributed by atoms with Crippen LogP contribution in [0.15, 0.2) is 60.8 Å². The SMILES string of the molecule is CC[C@@]1(NC(=O)C2C=C3c4cccc5[nH]cc(c45)C[C@H]3N(C)C2)O[C@@]2(O)[C@@H]3CCCN3C(=O)[C@](C)(c3ccccc3)N2C1=O. The molecule has 3 aromatic rings. The highest BCUT2D eigenvalue weighted by Crippen LogP contribution is 2.52. The lowest BCUT2D eigenvalue weighted by Gasteiger charge is -2.53. The second kappa shape index (κ2) is 9.26. The Labute approximate surface area is 255 Å². The number of aromatic nitrogens is 1. The summed E-state index contributed by atoms with van der Waals surface area (Å²) in [5.74, 6) is -3.89. The van der Waals surface area contributed by atoms with Gasteiger partial charge in [0.1, 0.15) is 11.6 Å². The van der Waals surface area contributed by atoms with Crippen molar-refractivity contribution in [1.82, 2.24) is 25.0 Å². The molecule has 8 rings (SSSR count). The van der Waals surface area contributed by atoms with Gasteiger partial charge in [0, 0.05) is 42.7 Å². The summed E-state index contributed by atoms with van der Waals surface area (Å²) in [6.07, 6.45) is 6.20. The number of benzene rings is 2. The molecule has 3 N–H and O–H groups in total. The van der Waals surface area contributed by atoms with E-state index in [1.165, 1.54) is 15.8 Å². The third-order valence-corrected chi connectivity index (χ3v) is 10.8. The van der Waals surface area contributed by atoms with Gasteiger partial charge in [0.15, 0.2) is 0 Å². The molecule has 6 atom stereocenters. The molecular weight excluding hydrogens is 558 g/mol. The van der Waals surface area contributed by atoms with Crippen molar-refractivity contribution in [1.29, 1.82) is 0 Å². The summed E-state index contributed by atoms with van der Waals surface area (Å²) in [5, 5.41) is 16.5. The van der Waals surface area contributed by atoms with Gasteiger partial charge in [-0.05, 0) is 61.6 Å². The standard InChI is InChI=1S/C34H37N5O5/c1-4-33(36-29(40)21-16-24-23-12-8-13-25-28(23)20(18-35-25)17-26(24)37(3)19-21)31(42)39-32(2,22-10-6-5-7-11-22)30(41)38-15-9-14-27(38)34(39,43)44-33/h5-8,10-13,16,18,21,26-27,35,43H,4,9,14-15,17,19H2,1-3H3,(H,36,40)/t21?,26-,27+,32+,33-,34+/m1/s1. The predicted molar refractivity (Wildman–Crippen MR) is 162 cm³/mol. The highest BCUT2D eigenvalue weighted by molar-refractivity contribution is 6.01. The van der Waals surface area contributed by atoms with Crippen LogP contribution in [0.3, 0.4) is 0 Å². The van der Waals surface area contributed by atoms with E-state index >= 15 is 0 Å². The first-order chi connectivity index (χ1) is 21.1. The van der Waals surface area contributed by atoms with Crippen LogP contribution >= 0.6 is 0 Å². The van der Waals surface area contributed by atoms with Crippen LogP contribution in [0.2, 0.25) is 0 Å². The smallest absolute Gasteiger partial charge is 0.281 e. The third-order valence-electron chi connectivity index (χ3n) is 10.8. The summed E-state index contributed by atoms with van der Waals surface area (Å²) in [7, 11) is 2.02. The van der Waals surface area contributed by atoms with Crippen molar-refractivity contribution in [3.8, 4) is 0 Å². The minimum absolute atomic E-state index is 0.0793. The van der Waals surface area contributed by atoms with E-state index in [2.05, 4.69) is 33.5 Å². The number of aromatic amines is 1. The van der Waals surface area contributed by atoms with Crippen LogP contribution in [-0.4, -0.2) is 86.4 Å². The van der Waals surface area contributed by atoms with Crippen LogP contribution in [-0.2, 0) is 31.1 Å². The molecule has 5 heterocycles. The van der Waals surface area contributed by atoms with Crippen LogP contribution in [0.25, 0.3) is 16.5 Å². The first kappa shape index (κ1) is 27.6. The molecule has 0 radical (unpaired) electrons. The Morgan fingerprint density at radius 1 is 1.14 bits per heavy atom. The van der Waals surface area contributed by atoms with E-state index in [1.807, 2.05) is 37.4 Å². The second-order valence-corrected chi connectivity index (χ2v) is 13.1. The fourth-order valence-corrected chi connectivity index (χ4v) is 8.50. The number of carbonyl (C=O) groups is 3. The zero-order chi connectivity index (χ0) is 30.6. The number of rotatable bonds is 4. The maximum atomic E-state index is 14.6.